The molecular formula is C17H11Cl3N2O2. The van der Waals surface area contributed by atoms with Crippen molar-refractivity contribution in [1.82, 2.24) is 10.5 Å². The Morgan fingerprint density at radius 2 is 1.83 bits per heavy atom. The lowest BCUT2D eigenvalue weighted by Crippen LogP contribution is -2.22. The van der Waals surface area contributed by atoms with Crippen LogP contribution in [0.2, 0.25) is 15.1 Å². The van der Waals surface area contributed by atoms with Crippen molar-refractivity contribution >= 4 is 40.7 Å². The van der Waals surface area contributed by atoms with Crippen molar-refractivity contribution in [3.63, 3.8) is 0 Å². The molecule has 0 aliphatic heterocycles. The average molecular weight is 382 g/mol. The van der Waals surface area contributed by atoms with E-state index in [1.807, 2.05) is 0 Å². The fraction of sp³-hybridized carbons (Fsp3) is 0.0588. The summed E-state index contributed by atoms with van der Waals surface area (Å²) >= 11 is 18.0. The first-order valence-corrected chi connectivity index (χ1v) is 8.11. The zero-order valence-electron chi connectivity index (χ0n) is 12.2. The molecule has 0 fully saturated rings. The number of carbonyl (C=O) groups excluding carboxylic acids is 1. The van der Waals surface area contributed by atoms with Gasteiger partial charge in [0.2, 0.25) is 0 Å². The first-order valence-electron chi connectivity index (χ1n) is 6.98. The first kappa shape index (κ1) is 16.8. The molecule has 3 aromatic rings. The topological polar surface area (TPSA) is 55.1 Å². The number of nitrogens with one attached hydrogen (secondary N) is 1. The zero-order valence-corrected chi connectivity index (χ0v) is 14.5. The maximum atomic E-state index is 12.4. The number of benzene rings is 2. The third-order valence-electron chi connectivity index (χ3n) is 3.37. The molecule has 0 saturated heterocycles. The van der Waals surface area contributed by atoms with Gasteiger partial charge in [-0.25, -0.2) is 0 Å². The summed E-state index contributed by atoms with van der Waals surface area (Å²) in [5, 5.41) is 7.88. The molecule has 0 spiro atoms. The van der Waals surface area contributed by atoms with Gasteiger partial charge in [0.15, 0.2) is 5.76 Å². The van der Waals surface area contributed by atoms with Gasteiger partial charge in [0.05, 0.1) is 21.3 Å². The minimum absolute atomic E-state index is 0.295. The quantitative estimate of drug-likeness (QED) is 0.673. The molecule has 3 rings (SSSR count). The lowest BCUT2D eigenvalue weighted by molar-refractivity contribution is 0.0951. The molecule has 1 heterocycles. The SMILES string of the molecule is O=C(NCc1ccc(Cl)c(Cl)c1)c1cnoc1-c1ccccc1Cl. The van der Waals surface area contributed by atoms with E-state index in [2.05, 4.69) is 10.5 Å². The number of carbonyl (C=O) groups is 1. The molecule has 4 nitrogen and oxygen atoms in total. The van der Waals surface area contributed by atoms with Crippen LogP contribution in [0.25, 0.3) is 11.3 Å². The summed E-state index contributed by atoms with van der Waals surface area (Å²) in [7, 11) is 0. The van der Waals surface area contributed by atoms with Crippen molar-refractivity contribution in [2.24, 2.45) is 0 Å². The molecule has 7 heteroatoms. The lowest BCUT2D eigenvalue weighted by atomic mass is 10.1. The van der Waals surface area contributed by atoms with Gasteiger partial charge in [-0.3, -0.25) is 4.79 Å². The molecule has 0 bridgehead atoms. The number of amides is 1. The van der Waals surface area contributed by atoms with Crippen LogP contribution in [0.3, 0.4) is 0 Å². The van der Waals surface area contributed by atoms with Crippen molar-refractivity contribution in [2.75, 3.05) is 0 Å². The van der Waals surface area contributed by atoms with E-state index in [0.29, 0.717) is 38.5 Å². The van der Waals surface area contributed by atoms with Gasteiger partial charge in [-0.15, -0.1) is 0 Å². The molecule has 0 aliphatic rings. The number of hydrogen-bond acceptors (Lipinski definition) is 3. The van der Waals surface area contributed by atoms with Crippen molar-refractivity contribution in [3.05, 3.63) is 74.9 Å². The number of nitrogens with zero attached hydrogens (tertiary/aromatic N) is 1. The van der Waals surface area contributed by atoms with Crippen LogP contribution in [-0.4, -0.2) is 11.1 Å². The van der Waals surface area contributed by atoms with E-state index in [0.717, 1.165) is 5.56 Å². The molecule has 2 aromatic carbocycles. The summed E-state index contributed by atoms with van der Waals surface area (Å²) < 4.78 is 5.21. The summed E-state index contributed by atoms with van der Waals surface area (Å²) in [5.41, 5.74) is 1.74. The van der Waals surface area contributed by atoms with E-state index in [-0.39, 0.29) is 5.91 Å². The number of hydrogen-bond donors (Lipinski definition) is 1. The second-order valence-corrected chi connectivity index (χ2v) is 6.20. The number of halogens is 3. The van der Waals surface area contributed by atoms with Gasteiger partial charge in [0, 0.05) is 12.1 Å². The van der Waals surface area contributed by atoms with Gasteiger partial charge >= 0.3 is 0 Å². The van der Waals surface area contributed by atoms with Crippen LogP contribution < -0.4 is 5.32 Å². The van der Waals surface area contributed by atoms with Gasteiger partial charge in [-0.1, -0.05) is 58.2 Å². The Balaban J connectivity index is 1.78. The highest BCUT2D eigenvalue weighted by Crippen LogP contribution is 2.30. The molecular weight excluding hydrogens is 371 g/mol. The summed E-state index contributed by atoms with van der Waals surface area (Å²) in [4.78, 5) is 12.4. The number of rotatable bonds is 4. The molecule has 0 unspecified atom stereocenters. The Bertz CT molecular complexity index is 893. The fourth-order valence-electron chi connectivity index (χ4n) is 2.17. The van der Waals surface area contributed by atoms with E-state index in [1.165, 1.54) is 6.20 Å². The van der Waals surface area contributed by atoms with Crippen LogP contribution in [0.5, 0.6) is 0 Å². The monoisotopic (exact) mass is 380 g/mol. The molecule has 0 radical (unpaired) electrons. The summed E-state index contributed by atoms with van der Waals surface area (Å²) in [6.45, 7) is 0.295. The summed E-state index contributed by atoms with van der Waals surface area (Å²) in [5.74, 6) is 0.00415. The third kappa shape index (κ3) is 3.56. The van der Waals surface area contributed by atoms with Gasteiger partial charge in [-0.2, -0.15) is 0 Å². The Hall–Kier alpha value is -2.01. The minimum Gasteiger partial charge on any atom is -0.355 e. The largest absolute Gasteiger partial charge is 0.355 e. The van der Waals surface area contributed by atoms with Gasteiger partial charge in [-0.05, 0) is 29.8 Å². The van der Waals surface area contributed by atoms with E-state index in [1.54, 1.807) is 42.5 Å². The Kier molecular flexibility index (Phi) is 5.09. The predicted molar refractivity (Wildman–Crippen MR) is 94.6 cm³/mol. The van der Waals surface area contributed by atoms with E-state index in [4.69, 9.17) is 39.3 Å². The molecule has 0 aliphatic carbocycles. The third-order valence-corrected chi connectivity index (χ3v) is 4.44. The lowest BCUT2D eigenvalue weighted by Gasteiger charge is -2.07. The van der Waals surface area contributed by atoms with Crippen LogP contribution in [0.15, 0.2) is 53.2 Å². The molecule has 0 atom stereocenters. The first-order chi connectivity index (χ1) is 11.6. The standard InChI is InChI=1S/C17H11Cl3N2O2/c18-13-4-2-1-3-11(13)16-12(9-22-24-16)17(23)21-8-10-5-6-14(19)15(20)7-10/h1-7,9H,8H2,(H,21,23). The normalized spacial score (nSPS) is 10.6. The van der Waals surface area contributed by atoms with Crippen LogP contribution in [0.1, 0.15) is 15.9 Å². The van der Waals surface area contributed by atoms with Crippen molar-refractivity contribution in [2.45, 2.75) is 6.54 Å². The van der Waals surface area contributed by atoms with Crippen LogP contribution in [0, 0.1) is 0 Å². The van der Waals surface area contributed by atoms with Crippen LogP contribution in [-0.2, 0) is 6.54 Å². The molecule has 1 aromatic heterocycles. The highest BCUT2D eigenvalue weighted by atomic mass is 35.5. The summed E-state index contributed by atoms with van der Waals surface area (Å²) in [6, 6.07) is 12.3. The Labute approximate surface area is 153 Å². The Morgan fingerprint density at radius 3 is 2.58 bits per heavy atom. The zero-order chi connectivity index (χ0) is 17.1. The van der Waals surface area contributed by atoms with Crippen molar-refractivity contribution in [1.29, 1.82) is 0 Å². The minimum atomic E-state index is -0.322. The molecule has 122 valence electrons. The highest BCUT2D eigenvalue weighted by Gasteiger charge is 2.19. The van der Waals surface area contributed by atoms with Crippen LogP contribution in [0.4, 0.5) is 0 Å². The maximum absolute atomic E-state index is 12.4. The van der Waals surface area contributed by atoms with Crippen molar-refractivity contribution in [3.8, 4) is 11.3 Å². The second-order valence-electron chi connectivity index (χ2n) is 4.98. The predicted octanol–water partition coefficient (Wildman–Crippen LogP) is 5.23. The summed E-state index contributed by atoms with van der Waals surface area (Å²) in [6.07, 6.45) is 1.36. The van der Waals surface area contributed by atoms with Crippen molar-refractivity contribution < 1.29 is 9.32 Å². The second kappa shape index (κ2) is 7.26. The average Bonchev–Trinajstić information content (AvgIpc) is 3.05. The number of aromatic nitrogens is 1. The van der Waals surface area contributed by atoms with Gasteiger partial charge in [0.1, 0.15) is 5.56 Å². The maximum Gasteiger partial charge on any atom is 0.257 e. The van der Waals surface area contributed by atoms with Gasteiger partial charge < -0.3 is 9.84 Å². The molecule has 1 amide bonds. The molecule has 0 saturated carbocycles. The van der Waals surface area contributed by atoms with E-state index >= 15 is 0 Å². The van der Waals surface area contributed by atoms with Gasteiger partial charge in [0.25, 0.3) is 5.91 Å². The van der Waals surface area contributed by atoms with E-state index in [9.17, 15) is 4.79 Å². The highest BCUT2D eigenvalue weighted by molar-refractivity contribution is 6.42. The molecule has 1 N–H and O–H groups in total. The van der Waals surface area contributed by atoms with Crippen LogP contribution >= 0.6 is 34.8 Å². The fourth-order valence-corrected chi connectivity index (χ4v) is 2.71. The molecule has 24 heavy (non-hydrogen) atoms. The smallest absolute Gasteiger partial charge is 0.257 e. The van der Waals surface area contributed by atoms with E-state index < -0.39 is 0 Å². The Morgan fingerprint density at radius 1 is 1.04 bits per heavy atom.